The van der Waals surface area contributed by atoms with E-state index in [0.717, 1.165) is 54.3 Å². The third-order valence-electron chi connectivity index (χ3n) is 6.75. The van der Waals surface area contributed by atoms with Gasteiger partial charge in [0, 0.05) is 58.0 Å². The summed E-state index contributed by atoms with van der Waals surface area (Å²) in [6, 6.07) is 7.69. The Morgan fingerprint density at radius 2 is 1.92 bits per heavy atom. The van der Waals surface area contributed by atoms with Gasteiger partial charge in [0.2, 0.25) is 0 Å². The van der Waals surface area contributed by atoms with Crippen LogP contribution in [-0.4, -0.2) is 41.6 Å². The Morgan fingerprint density at radius 3 is 2.62 bits per heavy atom. The van der Waals surface area contributed by atoms with Crippen molar-refractivity contribution in [1.82, 2.24) is 10.3 Å². The molecule has 1 amide bonds. The van der Waals surface area contributed by atoms with Crippen LogP contribution >= 0.6 is 27.5 Å². The van der Waals surface area contributed by atoms with Crippen molar-refractivity contribution in [2.75, 3.05) is 24.5 Å². The van der Waals surface area contributed by atoms with E-state index >= 15 is 0 Å². The van der Waals surface area contributed by atoms with Crippen LogP contribution in [0, 0.1) is 18.6 Å². The predicted molar refractivity (Wildman–Crippen MR) is 144 cm³/mol. The van der Waals surface area contributed by atoms with E-state index in [1.165, 1.54) is 6.07 Å². The number of fused-ring (bicyclic) bond motifs is 1. The van der Waals surface area contributed by atoms with Crippen LogP contribution in [0.1, 0.15) is 59.5 Å². The van der Waals surface area contributed by atoms with E-state index in [4.69, 9.17) is 16.6 Å². The molecule has 0 spiro atoms. The fourth-order valence-electron chi connectivity index (χ4n) is 4.89. The van der Waals surface area contributed by atoms with Crippen LogP contribution < -0.4 is 10.2 Å². The molecule has 0 saturated carbocycles. The Bertz CT molecular complexity index is 1350. The van der Waals surface area contributed by atoms with Gasteiger partial charge >= 0.3 is 5.97 Å². The molecule has 2 heterocycles. The molecular weight excluding hydrogens is 568 g/mol. The highest BCUT2D eigenvalue weighted by atomic mass is 79.9. The fourth-order valence-corrected chi connectivity index (χ4v) is 5.55. The summed E-state index contributed by atoms with van der Waals surface area (Å²) < 4.78 is 29.5. The zero-order valence-electron chi connectivity index (χ0n) is 20.3. The van der Waals surface area contributed by atoms with Gasteiger partial charge < -0.3 is 15.3 Å². The van der Waals surface area contributed by atoms with Crippen molar-refractivity contribution in [3.8, 4) is 0 Å². The van der Waals surface area contributed by atoms with E-state index in [2.05, 4.69) is 26.1 Å². The Morgan fingerprint density at radius 1 is 1.19 bits per heavy atom. The number of amides is 1. The minimum Gasteiger partial charge on any atom is -0.481 e. The van der Waals surface area contributed by atoms with Crippen LogP contribution in [0.3, 0.4) is 0 Å². The first-order valence-corrected chi connectivity index (χ1v) is 13.3. The van der Waals surface area contributed by atoms with Crippen molar-refractivity contribution in [2.45, 2.75) is 44.9 Å². The van der Waals surface area contributed by atoms with Gasteiger partial charge in [0.15, 0.2) is 11.6 Å². The molecule has 1 fully saturated rings. The molecule has 0 unspecified atom stereocenters. The molecule has 3 aromatic rings. The highest BCUT2D eigenvalue weighted by Crippen LogP contribution is 2.34. The van der Waals surface area contributed by atoms with E-state index in [1.807, 2.05) is 25.1 Å². The molecule has 196 valence electrons. The SMILES string of the molecule is Cc1c(N2CCCCC2)nc2ccc(Br)cc2c1C(=O)NC[C@@H](CCC(=O)O)c1c(Cl)ccc(F)c1F. The number of hydrogen-bond acceptors (Lipinski definition) is 4. The Balaban J connectivity index is 1.70. The van der Waals surface area contributed by atoms with Gasteiger partial charge in [-0.2, -0.15) is 0 Å². The molecule has 1 aliphatic rings. The molecule has 0 aliphatic carbocycles. The molecule has 4 rings (SSSR count). The maximum atomic E-state index is 14.7. The summed E-state index contributed by atoms with van der Waals surface area (Å²) in [5.41, 5.74) is 1.69. The maximum absolute atomic E-state index is 14.7. The summed E-state index contributed by atoms with van der Waals surface area (Å²) in [5.74, 6) is -3.81. The smallest absolute Gasteiger partial charge is 0.303 e. The van der Waals surface area contributed by atoms with E-state index in [1.54, 1.807) is 0 Å². The summed E-state index contributed by atoms with van der Waals surface area (Å²) >= 11 is 9.65. The summed E-state index contributed by atoms with van der Waals surface area (Å²) in [4.78, 5) is 31.9. The highest BCUT2D eigenvalue weighted by Gasteiger charge is 2.26. The van der Waals surface area contributed by atoms with E-state index in [0.29, 0.717) is 16.5 Å². The van der Waals surface area contributed by atoms with Crippen molar-refractivity contribution in [1.29, 1.82) is 0 Å². The van der Waals surface area contributed by atoms with Crippen molar-refractivity contribution in [3.05, 3.63) is 68.2 Å². The lowest BCUT2D eigenvalue weighted by Crippen LogP contribution is -2.33. The largest absolute Gasteiger partial charge is 0.481 e. The first-order valence-electron chi connectivity index (χ1n) is 12.2. The number of carbonyl (C=O) groups is 2. The van der Waals surface area contributed by atoms with Gasteiger partial charge in [-0.25, -0.2) is 13.8 Å². The van der Waals surface area contributed by atoms with Gasteiger partial charge in [-0.05, 0) is 62.9 Å². The lowest BCUT2D eigenvalue weighted by Gasteiger charge is -2.30. The average molecular weight is 595 g/mol. The first kappa shape index (κ1) is 27.3. The minimum atomic E-state index is -1.14. The predicted octanol–water partition coefficient (Wildman–Crippen LogP) is 6.61. The molecular formula is C27H27BrClF2N3O3. The van der Waals surface area contributed by atoms with Crippen molar-refractivity contribution in [2.24, 2.45) is 0 Å². The molecule has 1 saturated heterocycles. The number of nitrogens with zero attached hydrogens (tertiary/aromatic N) is 2. The van der Waals surface area contributed by atoms with Gasteiger partial charge in [-0.1, -0.05) is 27.5 Å². The van der Waals surface area contributed by atoms with Crippen LogP contribution in [0.15, 0.2) is 34.8 Å². The number of hydrogen-bond donors (Lipinski definition) is 2. The van der Waals surface area contributed by atoms with Crippen molar-refractivity contribution >= 4 is 56.1 Å². The van der Waals surface area contributed by atoms with E-state index in [9.17, 15) is 23.5 Å². The monoisotopic (exact) mass is 593 g/mol. The van der Waals surface area contributed by atoms with E-state index < -0.39 is 29.4 Å². The molecule has 0 bridgehead atoms. The molecule has 37 heavy (non-hydrogen) atoms. The zero-order valence-corrected chi connectivity index (χ0v) is 22.6. The van der Waals surface area contributed by atoms with Crippen molar-refractivity contribution in [3.63, 3.8) is 0 Å². The number of nitrogens with one attached hydrogen (secondary N) is 1. The van der Waals surface area contributed by atoms with Gasteiger partial charge in [0.25, 0.3) is 5.91 Å². The maximum Gasteiger partial charge on any atom is 0.303 e. The van der Waals surface area contributed by atoms with Crippen LogP contribution in [0.2, 0.25) is 5.02 Å². The minimum absolute atomic E-state index is 0.0228. The number of halogens is 4. The second kappa shape index (κ2) is 11.7. The second-order valence-corrected chi connectivity index (χ2v) is 10.6. The molecule has 1 atom stereocenters. The highest BCUT2D eigenvalue weighted by molar-refractivity contribution is 9.10. The van der Waals surface area contributed by atoms with Crippen molar-refractivity contribution < 1.29 is 23.5 Å². The number of rotatable bonds is 8. The Labute approximate surface area is 227 Å². The molecule has 1 aliphatic heterocycles. The number of carboxylic acid groups (broad SMARTS) is 1. The van der Waals surface area contributed by atoms with Crippen LogP contribution in [0.25, 0.3) is 10.9 Å². The number of aliphatic carboxylic acids is 1. The van der Waals surface area contributed by atoms with Crippen LogP contribution in [0.5, 0.6) is 0 Å². The summed E-state index contributed by atoms with van der Waals surface area (Å²) in [6.45, 7) is 3.44. The average Bonchev–Trinajstić information content (AvgIpc) is 2.87. The standard InChI is InChI=1S/C27H27BrClF2N3O3/c1-15-23(18-13-17(28)6-9-21(18)33-26(15)34-11-3-2-4-12-34)27(37)32-14-16(5-10-22(35)36)24-19(29)7-8-20(30)25(24)31/h6-9,13,16H,2-5,10-12,14H2,1H3,(H,32,37)(H,35,36)/t16-/m1/s1. The molecule has 1 aromatic heterocycles. The lowest BCUT2D eigenvalue weighted by molar-refractivity contribution is -0.137. The number of benzene rings is 2. The third-order valence-corrected chi connectivity index (χ3v) is 7.57. The molecule has 2 N–H and O–H groups in total. The van der Waals surface area contributed by atoms with Gasteiger partial charge in [0.1, 0.15) is 5.82 Å². The lowest BCUT2D eigenvalue weighted by atomic mass is 9.93. The number of aromatic nitrogens is 1. The molecule has 10 heteroatoms. The van der Waals surface area contributed by atoms with E-state index in [-0.39, 0.29) is 30.0 Å². The number of anilines is 1. The normalized spacial score (nSPS) is 14.6. The van der Waals surface area contributed by atoms with Crippen LogP contribution in [0.4, 0.5) is 14.6 Å². The van der Waals surface area contributed by atoms with Gasteiger partial charge in [-0.3, -0.25) is 9.59 Å². The molecule has 2 aromatic carbocycles. The first-order chi connectivity index (χ1) is 17.7. The Kier molecular flexibility index (Phi) is 8.64. The molecule has 0 radical (unpaired) electrons. The Hall–Kier alpha value is -2.78. The summed E-state index contributed by atoms with van der Waals surface area (Å²) in [6.07, 6.45) is 2.92. The second-order valence-electron chi connectivity index (χ2n) is 9.24. The zero-order chi connectivity index (χ0) is 26.7. The fraction of sp³-hybridized carbons (Fsp3) is 0.370. The molecule has 6 nitrogen and oxygen atoms in total. The van der Waals surface area contributed by atoms with Gasteiger partial charge in [-0.15, -0.1) is 0 Å². The number of carboxylic acids is 1. The van der Waals surface area contributed by atoms with Crippen LogP contribution in [-0.2, 0) is 4.79 Å². The quantitative estimate of drug-likeness (QED) is 0.287. The topological polar surface area (TPSA) is 82.5 Å². The number of pyridine rings is 1. The third kappa shape index (κ3) is 6.04. The van der Waals surface area contributed by atoms with Gasteiger partial charge in [0.05, 0.1) is 11.1 Å². The summed E-state index contributed by atoms with van der Waals surface area (Å²) in [5, 5.41) is 12.7. The number of piperidine rings is 1. The summed E-state index contributed by atoms with van der Waals surface area (Å²) in [7, 11) is 0. The number of carbonyl (C=O) groups excluding carboxylic acids is 1.